The predicted octanol–water partition coefficient (Wildman–Crippen LogP) is 7.75. The second-order valence-electron chi connectivity index (χ2n) is 17.7. The van der Waals surface area contributed by atoms with Crippen LogP contribution in [-0.4, -0.2) is 70.5 Å². The molecule has 0 atom stereocenters. The van der Waals surface area contributed by atoms with Crippen molar-refractivity contribution in [2.75, 3.05) is 39.6 Å². The summed E-state index contributed by atoms with van der Waals surface area (Å²) >= 11 is 0. The van der Waals surface area contributed by atoms with E-state index in [1.54, 1.807) is 0 Å². The summed E-state index contributed by atoms with van der Waals surface area (Å²) < 4.78 is 47.2. The molecule has 2 aromatic carbocycles. The fourth-order valence-corrected chi connectivity index (χ4v) is 8.39. The first-order valence-electron chi connectivity index (χ1n) is 19.3. The van der Waals surface area contributed by atoms with Crippen molar-refractivity contribution < 1.29 is 47.3 Å². The average molecular weight is 734 g/mol. The highest BCUT2D eigenvalue weighted by Gasteiger charge is 2.51. The van der Waals surface area contributed by atoms with Gasteiger partial charge in [-0.25, -0.2) is 9.59 Å². The highest BCUT2D eigenvalue weighted by molar-refractivity contribution is 6.20. The molecule has 0 unspecified atom stereocenters. The minimum atomic E-state index is -0.510. The Kier molecular flexibility index (Phi) is 11.9. The van der Waals surface area contributed by atoms with Crippen molar-refractivity contribution >= 4 is 19.6 Å². The molecule has 4 aliphatic heterocycles. The largest absolute Gasteiger partial charge is 0.658 e. The standard InChI is InChI=1S/C42H58BO10/c1-37(2,3)50-35(44)27-46-23-21-39-13-17-41(18-14-39,48-29-39)31-9-7-11-33(25-31)52-43-53-34-12-8-10-32(26-34)42-19-15-40(16-20-42,30-49-42)22-24-47-28-36(45)51-38(4,5)6/h7-12,25-26H,13-24,27-30H2,1-6H3. The first-order valence-corrected chi connectivity index (χ1v) is 19.3. The first kappa shape index (κ1) is 39.6. The molecule has 0 aromatic heterocycles. The third kappa shape index (κ3) is 10.2. The molecule has 4 bridgehead atoms. The topological polar surface area (TPSA) is 108 Å². The number of rotatable bonds is 16. The van der Waals surface area contributed by atoms with Crippen molar-refractivity contribution in [1.29, 1.82) is 0 Å². The van der Waals surface area contributed by atoms with Crippen LogP contribution in [0.1, 0.15) is 117 Å². The zero-order valence-corrected chi connectivity index (χ0v) is 32.6. The summed E-state index contributed by atoms with van der Waals surface area (Å²) in [5.41, 5.74) is 0.752. The van der Waals surface area contributed by atoms with E-state index in [-0.39, 0.29) is 47.2 Å². The molecule has 0 amide bonds. The van der Waals surface area contributed by atoms with Crippen molar-refractivity contribution in [2.45, 2.75) is 128 Å². The summed E-state index contributed by atoms with van der Waals surface area (Å²) in [4.78, 5) is 24.0. The van der Waals surface area contributed by atoms with Crippen LogP contribution in [0.2, 0.25) is 0 Å². The van der Waals surface area contributed by atoms with Crippen LogP contribution in [0.5, 0.6) is 11.5 Å². The van der Waals surface area contributed by atoms with Gasteiger partial charge < -0.3 is 37.7 Å². The monoisotopic (exact) mass is 733 g/mol. The van der Waals surface area contributed by atoms with Gasteiger partial charge in [0.1, 0.15) is 35.9 Å². The highest BCUT2D eigenvalue weighted by atomic mass is 16.6. The Morgan fingerprint density at radius 1 is 0.623 bits per heavy atom. The van der Waals surface area contributed by atoms with E-state index in [1.807, 2.05) is 65.8 Å². The lowest BCUT2D eigenvalue weighted by Gasteiger charge is -2.53. The maximum Gasteiger partial charge on any atom is 0.658 e. The van der Waals surface area contributed by atoms with Crippen molar-refractivity contribution in [2.24, 2.45) is 10.8 Å². The summed E-state index contributed by atoms with van der Waals surface area (Å²) in [6.45, 7) is 13.5. The molecule has 10 nitrogen and oxygen atoms in total. The van der Waals surface area contributed by atoms with Crippen LogP contribution < -0.4 is 9.31 Å². The highest BCUT2D eigenvalue weighted by Crippen LogP contribution is 2.56. The predicted molar refractivity (Wildman–Crippen MR) is 200 cm³/mol. The average Bonchev–Trinajstić information content (AvgIpc) is 3.12. The number of benzene rings is 2. The van der Waals surface area contributed by atoms with Crippen LogP contribution in [0, 0.1) is 10.8 Å². The summed E-state index contributed by atoms with van der Waals surface area (Å²) in [5.74, 6) is 0.734. The second kappa shape index (κ2) is 15.9. The maximum atomic E-state index is 12.0. The number of esters is 2. The summed E-state index contributed by atoms with van der Waals surface area (Å²) in [6.07, 6.45) is 9.67. The van der Waals surface area contributed by atoms with E-state index >= 15 is 0 Å². The van der Waals surface area contributed by atoms with Crippen LogP contribution >= 0.6 is 0 Å². The van der Waals surface area contributed by atoms with E-state index in [4.69, 9.17) is 37.7 Å². The summed E-state index contributed by atoms with van der Waals surface area (Å²) in [7, 11) is 1.39. The van der Waals surface area contributed by atoms with Gasteiger partial charge in [-0.3, -0.25) is 0 Å². The Morgan fingerprint density at radius 3 is 1.36 bits per heavy atom. The van der Waals surface area contributed by atoms with Gasteiger partial charge in [0.2, 0.25) is 0 Å². The molecular formula is C42H58BO10. The Morgan fingerprint density at radius 2 is 1.02 bits per heavy atom. The minimum absolute atomic E-state index is 0.0225. The quantitative estimate of drug-likeness (QED) is 0.0966. The van der Waals surface area contributed by atoms with Crippen LogP contribution in [-0.2, 0) is 49.2 Å². The van der Waals surface area contributed by atoms with Gasteiger partial charge in [-0.15, -0.1) is 0 Å². The molecule has 4 heterocycles. The number of carbonyl (C=O) groups excluding carboxylic acids is 2. The Balaban J connectivity index is 0.937. The number of hydrogen-bond donors (Lipinski definition) is 0. The SMILES string of the molecule is CC(C)(C)OC(=O)COCCC12CCC(c3cccc(O[B]Oc4cccc(C56CCC(CCOCC(=O)OC(C)(C)C)(CC5)CO6)c4)c3)(CC1)OC2. The van der Waals surface area contributed by atoms with Crippen LogP contribution in [0.4, 0.5) is 0 Å². The van der Waals surface area contributed by atoms with Gasteiger partial charge in [0, 0.05) is 13.2 Å². The molecule has 0 N–H and O–H groups in total. The van der Waals surface area contributed by atoms with Gasteiger partial charge in [0.15, 0.2) is 0 Å². The van der Waals surface area contributed by atoms with E-state index in [9.17, 15) is 9.59 Å². The molecule has 0 spiro atoms. The van der Waals surface area contributed by atoms with Crippen molar-refractivity contribution in [3.63, 3.8) is 0 Å². The van der Waals surface area contributed by atoms with E-state index in [0.29, 0.717) is 37.9 Å². The Bertz CT molecular complexity index is 1410. The lowest BCUT2D eigenvalue weighted by Crippen LogP contribution is -2.49. The molecule has 11 heteroatoms. The maximum absolute atomic E-state index is 12.0. The third-order valence-corrected chi connectivity index (χ3v) is 11.5. The molecule has 2 aromatic rings. The number of fused-ring (bicyclic) bond motifs is 6. The van der Waals surface area contributed by atoms with Crippen LogP contribution in [0.3, 0.4) is 0 Å². The molecule has 2 aliphatic carbocycles. The number of carbonyl (C=O) groups is 2. The third-order valence-electron chi connectivity index (χ3n) is 11.5. The van der Waals surface area contributed by atoms with E-state index in [1.165, 1.54) is 7.69 Å². The molecule has 53 heavy (non-hydrogen) atoms. The Hall–Kier alpha value is -3.12. The number of ether oxygens (including phenoxy) is 6. The fraction of sp³-hybridized carbons (Fsp3) is 0.667. The normalized spacial score (nSPS) is 28.0. The van der Waals surface area contributed by atoms with E-state index in [2.05, 4.69) is 24.3 Å². The first-order chi connectivity index (χ1) is 25.1. The summed E-state index contributed by atoms with van der Waals surface area (Å²) in [6, 6.07) is 16.2. The molecular weight excluding hydrogens is 675 g/mol. The van der Waals surface area contributed by atoms with Crippen molar-refractivity contribution in [3.05, 3.63) is 59.7 Å². The van der Waals surface area contributed by atoms with E-state index < -0.39 is 11.2 Å². The molecule has 2 saturated carbocycles. The molecule has 8 rings (SSSR count). The van der Waals surface area contributed by atoms with Crippen LogP contribution in [0.25, 0.3) is 0 Å². The summed E-state index contributed by atoms with van der Waals surface area (Å²) in [5, 5.41) is 0. The van der Waals surface area contributed by atoms with E-state index in [0.717, 1.165) is 75.3 Å². The minimum Gasteiger partial charge on any atom is -0.526 e. The number of hydrogen-bond acceptors (Lipinski definition) is 10. The van der Waals surface area contributed by atoms with Gasteiger partial charge >= 0.3 is 19.6 Å². The van der Waals surface area contributed by atoms with Gasteiger partial charge in [-0.05, 0) is 152 Å². The molecule has 4 saturated heterocycles. The van der Waals surface area contributed by atoms with Gasteiger partial charge in [0.05, 0.1) is 24.4 Å². The zero-order chi connectivity index (χ0) is 37.8. The second-order valence-corrected chi connectivity index (χ2v) is 17.7. The van der Waals surface area contributed by atoms with Gasteiger partial charge in [-0.2, -0.15) is 0 Å². The fourth-order valence-electron chi connectivity index (χ4n) is 8.39. The molecule has 6 aliphatic rings. The lowest BCUT2D eigenvalue weighted by molar-refractivity contribution is -0.195. The molecule has 289 valence electrons. The molecule has 6 fully saturated rings. The zero-order valence-electron chi connectivity index (χ0n) is 32.6. The van der Waals surface area contributed by atoms with Crippen molar-refractivity contribution in [3.8, 4) is 11.5 Å². The van der Waals surface area contributed by atoms with Crippen LogP contribution in [0.15, 0.2) is 48.5 Å². The lowest BCUT2D eigenvalue weighted by atomic mass is 9.63. The Labute approximate surface area is 316 Å². The van der Waals surface area contributed by atoms with Crippen molar-refractivity contribution in [1.82, 2.24) is 0 Å². The van der Waals surface area contributed by atoms with Gasteiger partial charge in [-0.1, -0.05) is 24.3 Å². The smallest absolute Gasteiger partial charge is 0.526 e. The van der Waals surface area contributed by atoms with Gasteiger partial charge in [0.25, 0.3) is 0 Å². The molecule has 1 radical (unpaired) electrons.